The van der Waals surface area contributed by atoms with E-state index >= 15 is 0 Å². The largest absolute Gasteiger partial charge is 0.381 e. The van der Waals surface area contributed by atoms with Gasteiger partial charge in [0.05, 0.1) is 0 Å². The summed E-state index contributed by atoms with van der Waals surface area (Å²) in [6.07, 6.45) is 11.7. The second-order valence-corrected chi connectivity index (χ2v) is 4.84. The molecule has 0 saturated heterocycles. The molecule has 2 heteroatoms. The van der Waals surface area contributed by atoms with E-state index in [0.29, 0.717) is 0 Å². The summed E-state index contributed by atoms with van der Waals surface area (Å²) in [5.74, 6) is 0. The van der Waals surface area contributed by atoms with Gasteiger partial charge in [0.25, 0.3) is 0 Å². The molecule has 1 N–H and O–H groups in total. The van der Waals surface area contributed by atoms with Crippen LogP contribution in [0.4, 0.5) is 0 Å². The molecule has 2 nitrogen and oxygen atoms in total. The quantitative estimate of drug-likeness (QED) is 0.463. The maximum atomic E-state index is 5.62. The molecule has 0 amide bonds. The second-order valence-electron chi connectivity index (χ2n) is 4.84. The zero-order valence-corrected chi connectivity index (χ0v) is 12.1. The average Bonchev–Trinajstić information content (AvgIpc) is 2.35. The van der Waals surface area contributed by atoms with Gasteiger partial charge in [-0.15, -0.1) is 0 Å². The summed E-state index contributed by atoms with van der Waals surface area (Å²) in [4.78, 5) is 0. The average molecular weight is 243 g/mol. The molecule has 0 aromatic heterocycles. The predicted octanol–water partition coefficient (Wildman–Crippen LogP) is 4.14. The van der Waals surface area contributed by atoms with E-state index in [-0.39, 0.29) is 0 Å². The first-order chi connectivity index (χ1) is 8.41. The van der Waals surface area contributed by atoms with Gasteiger partial charge in [0.2, 0.25) is 0 Å². The minimum Gasteiger partial charge on any atom is -0.381 e. The Morgan fingerprint density at radius 1 is 0.647 bits per heavy atom. The normalized spacial score (nSPS) is 10.9. The highest BCUT2D eigenvalue weighted by Crippen LogP contribution is 2.03. The summed E-state index contributed by atoms with van der Waals surface area (Å²) in [7, 11) is 0. The van der Waals surface area contributed by atoms with E-state index in [2.05, 4.69) is 19.2 Å². The fraction of sp³-hybridized carbons (Fsp3) is 1.00. The molecule has 0 aromatic carbocycles. The zero-order chi connectivity index (χ0) is 12.6. The van der Waals surface area contributed by atoms with Gasteiger partial charge in [0.15, 0.2) is 0 Å². The van der Waals surface area contributed by atoms with Gasteiger partial charge in [-0.3, -0.25) is 0 Å². The first kappa shape index (κ1) is 16.9. The second kappa shape index (κ2) is 15.9. The molecule has 0 spiro atoms. The number of hydrogen-bond donors (Lipinski definition) is 1. The Hall–Kier alpha value is -0.0800. The van der Waals surface area contributed by atoms with Crippen molar-refractivity contribution in [3.05, 3.63) is 0 Å². The van der Waals surface area contributed by atoms with Crippen LogP contribution in [0.5, 0.6) is 0 Å². The first-order valence-electron chi connectivity index (χ1n) is 7.70. The molecule has 0 radical (unpaired) electrons. The molecule has 0 saturated carbocycles. The van der Waals surface area contributed by atoms with Gasteiger partial charge in [0.1, 0.15) is 0 Å². The van der Waals surface area contributed by atoms with Crippen LogP contribution in [0, 0.1) is 0 Å². The Balaban J connectivity index is 2.85. The smallest absolute Gasteiger partial charge is 0.0466 e. The molecule has 0 unspecified atom stereocenters. The lowest BCUT2D eigenvalue weighted by atomic mass is 10.2. The van der Waals surface area contributed by atoms with Crippen molar-refractivity contribution in [2.45, 2.75) is 71.6 Å². The van der Waals surface area contributed by atoms with Crippen LogP contribution in [-0.2, 0) is 4.74 Å². The van der Waals surface area contributed by atoms with Crippen molar-refractivity contribution >= 4 is 0 Å². The van der Waals surface area contributed by atoms with Crippen molar-refractivity contribution in [1.29, 1.82) is 0 Å². The van der Waals surface area contributed by atoms with E-state index in [1.165, 1.54) is 64.3 Å². The van der Waals surface area contributed by atoms with Crippen LogP contribution in [0.1, 0.15) is 71.6 Å². The molecule has 0 aliphatic heterocycles. The van der Waals surface area contributed by atoms with Crippen molar-refractivity contribution < 1.29 is 4.74 Å². The summed E-state index contributed by atoms with van der Waals surface area (Å²) >= 11 is 0. The molecule has 0 atom stereocenters. The molecule has 0 aliphatic carbocycles. The predicted molar refractivity (Wildman–Crippen MR) is 76.6 cm³/mol. The monoisotopic (exact) mass is 243 g/mol. The van der Waals surface area contributed by atoms with E-state index in [4.69, 9.17) is 4.74 Å². The lowest BCUT2D eigenvalue weighted by Crippen LogP contribution is -2.15. The van der Waals surface area contributed by atoms with Gasteiger partial charge in [-0.1, -0.05) is 39.5 Å². The standard InChI is InChI=1S/C15H33NO/c1-3-5-6-7-10-14-17-15-11-8-9-13-16-12-4-2/h16H,3-15H2,1-2H3. The lowest BCUT2D eigenvalue weighted by molar-refractivity contribution is 0.126. The molecule has 0 heterocycles. The van der Waals surface area contributed by atoms with Crippen molar-refractivity contribution in [3.8, 4) is 0 Å². The Morgan fingerprint density at radius 2 is 1.29 bits per heavy atom. The zero-order valence-electron chi connectivity index (χ0n) is 12.1. The third-order valence-corrected chi connectivity index (χ3v) is 2.96. The Morgan fingerprint density at radius 3 is 1.94 bits per heavy atom. The van der Waals surface area contributed by atoms with E-state index < -0.39 is 0 Å². The molecule has 17 heavy (non-hydrogen) atoms. The van der Waals surface area contributed by atoms with E-state index in [1.807, 2.05) is 0 Å². The molecule has 0 bridgehead atoms. The number of nitrogens with one attached hydrogen (secondary N) is 1. The third kappa shape index (κ3) is 15.9. The van der Waals surface area contributed by atoms with Crippen molar-refractivity contribution in [3.63, 3.8) is 0 Å². The van der Waals surface area contributed by atoms with Gasteiger partial charge < -0.3 is 10.1 Å². The molecule has 0 aliphatic rings. The summed E-state index contributed by atoms with van der Waals surface area (Å²) in [5, 5.41) is 3.42. The Kier molecular flexibility index (Phi) is 15.8. The number of ether oxygens (including phenoxy) is 1. The lowest BCUT2D eigenvalue weighted by Gasteiger charge is -2.05. The van der Waals surface area contributed by atoms with E-state index in [9.17, 15) is 0 Å². The maximum Gasteiger partial charge on any atom is 0.0466 e. The van der Waals surface area contributed by atoms with Crippen molar-refractivity contribution in [2.24, 2.45) is 0 Å². The van der Waals surface area contributed by atoms with Crippen LogP contribution in [-0.4, -0.2) is 26.3 Å². The molecule has 104 valence electrons. The first-order valence-corrected chi connectivity index (χ1v) is 7.70. The summed E-state index contributed by atoms with van der Waals surface area (Å²) in [6.45, 7) is 8.73. The molecule has 0 rings (SSSR count). The van der Waals surface area contributed by atoms with Gasteiger partial charge in [-0.2, -0.15) is 0 Å². The molecule has 0 aromatic rings. The maximum absolute atomic E-state index is 5.62. The van der Waals surface area contributed by atoms with Crippen molar-refractivity contribution in [2.75, 3.05) is 26.3 Å². The van der Waals surface area contributed by atoms with Crippen LogP contribution in [0.3, 0.4) is 0 Å². The van der Waals surface area contributed by atoms with Crippen molar-refractivity contribution in [1.82, 2.24) is 5.32 Å². The fourth-order valence-electron chi connectivity index (χ4n) is 1.84. The number of hydrogen-bond acceptors (Lipinski definition) is 2. The summed E-state index contributed by atoms with van der Waals surface area (Å²) < 4.78 is 5.62. The summed E-state index contributed by atoms with van der Waals surface area (Å²) in [5.41, 5.74) is 0. The van der Waals surface area contributed by atoms with E-state index in [0.717, 1.165) is 19.8 Å². The minimum atomic E-state index is 0.960. The van der Waals surface area contributed by atoms with Crippen LogP contribution >= 0.6 is 0 Å². The summed E-state index contributed by atoms with van der Waals surface area (Å²) in [6, 6.07) is 0. The topological polar surface area (TPSA) is 21.3 Å². The Labute approximate surface area is 109 Å². The number of unbranched alkanes of at least 4 members (excludes halogenated alkanes) is 6. The van der Waals surface area contributed by atoms with Crippen LogP contribution in [0.2, 0.25) is 0 Å². The highest BCUT2D eigenvalue weighted by atomic mass is 16.5. The SMILES string of the molecule is CCCCCCCOCCCCCNCCC. The van der Waals surface area contributed by atoms with Crippen LogP contribution in [0.25, 0.3) is 0 Å². The molecular formula is C15H33NO. The van der Waals surface area contributed by atoms with Gasteiger partial charge in [-0.25, -0.2) is 0 Å². The van der Waals surface area contributed by atoms with Crippen LogP contribution in [0.15, 0.2) is 0 Å². The van der Waals surface area contributed by atoms with E-state index in [1.54, 1.807) is 0 Å². The highest BCUT2D eigenvalue weighted by Gasteiger charge is 1.92. The highest BCUT2D eigenvalue weighted by molar-refractivity contribution is 4.48. The van der Waals surface area contributed by atoms with Gasteiger partial charge in [-0.05, 0) is 45.2 Å². The minimum absolute atomic E-state index is 0.960. The third-order valence-electron chi connectivity index (χ3n) is 2.96. The Bertz CT molecular complexity index is 114. The van der Waals surface area contributed by atoms with Gasteiger partial charge >= 0.3 is 0 Å². The van der Waals surface area contributed by atoms with Gasteiger partial charge in [0, 0.05) is 13.2 Å². The molecule has 0 fully saturated rings. The molecular weight excluding hydrogens is 210 g/mol. The number of rotatable bonds is 14. The fourth-order valence-corrected chi connectivity index (χ4v) is 1.84. The van der Waals surface area contributed by atoms with Crippen LogP contribution < -0.4 is 5.32 Å².